The molecule has 2 aromatic carbocycles. The van der Waals surface area contributed by atoms with Gasteiger partial charge in [-0.15, -0.1) is 0 Å². The highest BCUT2D eigenvalue weighted by atomic mass is 35.5. The number of hydrogen-bond donors (Lipinski definition) is 1. The summed E-state index contributed by atoms with van der Waals surface area (Å²) >= 11 is 5.79. The van der Waals surface area contributed by atoms with Crippen LogP contribution in [-0.2, 0) is 21.2 Å². The summed E-state index contributed by atoms with van der Waals surface area (Å²) in [6.45, 7) is -0.250. The molecule has 9 heteroatoms. The molecule has 0 saturated heterocycles. The van der Waals surface area contributed by atoms with Gasteiger partial charge in [0.1, 0.15) is 6.54 Å². The number of rotatable bonds is 7. The molecule has 26 heavy (non-hydrogen) atoms. The Morgan fingerprint density at radius 3 is 2.35 bits per heavy atom. The van der Waals surface area contributed by atoms with Crippen LogP contribution in [0.2, 0.25) is 5.02 Å². The normalized spacial score (nSPS) is 11.2. The zero-order chi connectivity index (χ0) is 19.3. The number of sulfonamides is 1. The molecule has 0 unspecified atom stereocenters. The standard InChI is InChI=1S/C17H17ClF2N2O3S/c1-26(24,25)22(14-6-7-15(19)16(20)10-14)11-17(23)21-9-8-12-2-4-13(18)5-3-12/h2-7,10H,8-9,11H2,1H3,(H,21,23). The van der Waals surface area contributed by atoms with Gasteiger partial charge in [-0.05, 0) is 36.2 Å². The number of anilines is 1. The quantitative estimate of drug-likeness (QED) is 0.774. The maximum Gasteiger partial charge on any atom is 0.240 e. The Hall–Kier alpha value is -2.19. The molecule has 1 N–H and O–H groups in total. The summed E-state index contributed by atoms with van der Waals surface area (Å²) in [5, 5.41) is 3.20. The molecule has 0 bridgehead atoms. The fourth-order valence-electron chi connectivity index (χ4n) is 2.22. The van der Waals surface area contributed by atoms with Crippen molar-refractivity contribution in [2.75, 3.05) is 23.7 Å². The predicted octanol–water partition coefficient (Wildman–Crippen LogP) is 2.74. The van der Waals surface area contributed by atoms with E-state index in [1.807, 2.05) is 12.1 Å². The maximum absolute atomic E-state index is 13.4. The lowest BCUT2D eigenvalue weighted by atomic mass is 10.1. The monoisotopic (exact) mass is 402 g/mol. The van der Waals surface area contributed by atoms with Crippen molar-refractivity contribution in [3.8, 4) is 0 Å². The third-order valence-electron chi connectivity index (χ3n) is 3.53. The van der Waals surface area contributed by atoms with Crippen LogP contribution in [0.3, 0.4) is 0 Å². The third-order valence-corrected chi connectivity index (χ3v) is 4.92. The average molecular weight is 403 g/mol. The van der Waals surface area contributed by atoms with E-state index in [2.05, 4.69) is 5.32 Å². The van der Waals surface area contributed by atoms with Gasteiger partial charge in [0.05, 0.1) is 11.9 Å². The summed E-state index contributed by atoms with van der Waals surface area (Å²) in [6.07, 6.45) is 1.42. The van der Waals surface area contributed by atoms with Crippen molar-refractivity contribution >= 4 is 33.2 Å². The van der Waals surface area contributed by atoms with Crippen molar-refractivity contribution in [3.05, 3.63) is 64.7 Å². The van der Waals surface area contributed by atoms with E-state index in [9.17, 15) is 22.0 Å². The topological polar surface area (TPSA) is 66.5 Å². The summed E-state index contributed by atoms with van der Waals surface area (Å²) in [7, 11) is -3.86. The van der Waals surface area contributed by atoms with Gasteiger partial charge in [-0.3, -0.25) is 9.10 Å². The second-order valence-corrected chi connectivity index (χ2v) is 7.94. The summed E-state index contributed by atoms with van der Waals surface area (Å²) < 4.78 is 51.0. The van der Waals surface area contributed by atoms with Gasteiger partial charge in [-0.25, -0.2) is 17.2 Å². The van der Waals surface area contributed by atoms with E-state index in [-0.39, 0.29) is 12.2 Å². The molecule has 0 aromatic heterocycles. The molecule has 0 heterocycles. The zero-order valence-electron chi connectivity index (χ0n) is 13.9. The number of nitrogens with zero attached hydrogens (tertiary/aromatic N) is 1. The highest BCUT2D eigenvalue weighted by Gasteiger charge is 2.21. The van der Waals surface area contributed by atoms with E-state index in [0.29, 0.717) is 15.7 Å². The van der Waals surface area contributed by atoms with E-state index < -0.39 is 34.1 Å². The van der Waals surface area contributed by atoms with Gasteiger partial charge in [-0.1, -0.05) is 23.7 Å². The first-order valence-corrected chi connectivity index (χ1v) is 9.83. The minimum absolute atomic E-state index is 0.126. The van der Waals surface area contributed by atoms with Gasteiger partial charge >= 0.3 is 0 Å². The van der Waals surface area contributed by atoms with Crippen molar-refractivity contribution in [3.63, 3.8) is 0 Å². The van der Waals surface area contributed by atoms with Gasteiger partial charge in [0.25, 0.3) is 0 Å². The van der Waals surface area contributed by atoms with Crippen molar-refractivity contribution in [1.29, 1.82) is 0 Å². The lowest BCUT2D eigenvalue weighted by Gasteiger charge is -2.22. The Bertz CT molecular complexity index is 889. The van der Waals surface area contributed by atoms with Crippen LogP contribution in [0.5, 0.6) is 0 Å². The minimum atomic E-state index is -3.86. The van der Waals surface area contributed by atoms with E-state index in [1.165, 1.54) is 0 Å². The molecule has 0 aliphatic heterocycles. The third kappa shape index (κ3) is 5.67. The number of carbonyl (C=O) groups excluding carboxylic acids is 1. The van der Waals surface area contributed by atoms with Crippen LogP contribution in [0, 0.1) is 11.6 Å². The maximum atomic E-state index is 13.4. The fourth-order valence-corrected chi connectivity index (χ4v) is 3.20. The number of benzene rings is 2. The summed E-state index contributed by atoms with van der Waals surface area (Å²) in [4.78, 5) is 12.1. The molecule has 0 fully saturated rings. The molecule has 0 radical (unpaired) electrons. The number of carbonyl (C=O) groups is 1. The largest absolute Gasteiger partial charge is 0.354 e. The minimum Gasteiger partial charge on any atom is -0.354 e. The molecule has 0 spiro atoms. The predicted molar refractivity (Wildman–Crippen MR) is 96.7 cm³/mol. The molecular weight excluding hydrogens is 386 g/mol. The second kappa shape index (κ2) is 8.46. The molecule has 2 rings (SSSR count). The molecule has 0 aliphatic carbocycles. The smallest absolute Gasteiger partial charge is 0.240 e. The van der Waals surface area contributed by atoms with Crippen LogP contribution >= 0.6 is 11.6 Å². The lowest BCUT2D eigenvalue weighted by Crippen LogP contribution is -2.41. The molecule has 5 nitrogen and oxygen atoms in total. The van der Waals surface area contributed by atoms with Crippen LogP contribution in [0.25, 0.3) is 0 Å². The Labute approximate surface area is 155 Å². The summed E-state index contributed by atoms with van der Waals surface area (Å²) in [5.74, 6) is -2.86. The summed E-state index contributed by atoms with van der Waals surface area (Å²) in [6, 6.07) is 9.73. The second-order valence-electron chi connectivity index (χ2n) is 5.59. The van der Waals surface area contributed by atoms with E-state index in [4.69, 9.17) is 11.6 Å². The molecule has 140 valence electrons. The van der Waals surface area contributed by atoms with Crippen molar-refractivity contribution < 1.29 is 22.0 Å². The summed E-state index contributed by atoms with van der Waals surface area (Å²) in [5.41, 5.74) is 0.828. The van der Waals surface area contributed by atoms with E-state index in [1.54, 1.807) is 12.1 Å². The highest BCUT2D eigenvalue weighted by Crippen LogP contribution is 2.20. The van der Waals surface area contributed by atoms with Crippen LogP contribution in [0.4, 0.5) is 14.5 Å². The van der Waals surface area contributed by atoms with Gasteiger partial charge in [0.2, 0.25) is 15.9 Å². The van der Waals surface area contributed by atoms with Crippen molar-refractivity contribution in [1.82, 2.24) is 5.32 Å². The SMILES string of the molecule is CS(=O)(=O)N(CC(=O)NCCc1ccc(Cl)cc1)c1ccc(F)c(F)c1. The number of hydrogen-bond acceptors (Lipinski definition) is 3. The average Bonchev–Trinajstić information content (AvgIpc) is 2.56. The lowest BCUT2D eigenvalue weighted by molar-refractivity contribution is -0.119. The number of nitrogens with one attached hydrogen (secondary N) is 1. The van der Waals surface area contributed by atoms with Crippen LogP contribution in [-0.4, -0.2) is 33.7 Å². The Morgan fingerprint density at radius 1 is 1.12 bits per heavy atom. The number of halogens is 3. The molecule has 0 aliphatic rings. The highest BCUT2D eigenvalue weighted by molar-refractivity contribution is 7.92. The molecule has 0 saturated carbocycles. The zero-order valence-corrected chi connectivity index (χ0v) is 15.4. The van der Waals surface area contributed by atoms with Gasteiger partial charge in [0.15, 0.2) is 11.6 Å². The van der Waals surface area contributed by atoms with E-state index >= 15 is 0 Å². The first kappa shape index (κ1) is 20.1. The van der Waals surface area contributed by atoms with Gasteiger partial charge in [-0.2, -0.15) is 0 Å². The Balaban J connectivity index is 2.00. The molecule has 0 atom stereocenters. The van der Waals surface area contributed by atoms with Crippen molar-refractivity contribution in [2.24, 2.45) is 0 Å². The van der Waals surface area contributed by atoms with E-state index in [0.717, 1.165) is 30.0 Å². The number of amides is 1. The van der Waals surface area contributed by atoms with Crippen LogP contribution < -0.4 is 9.62 Å². The van der Waals surface area contributed by atoms with Crippen LogP contribution in [0.1, 0.15) is 5.56 Å². The van der Waals surface area contributed by atoms with Gasteiger partial charge in [0, 0.05) is 17.6 Å². The van der Waals surface area contributed by atoms with Crippen LogP contribution in [0.15, 0.2) is 42.5 Å². The Kier molecular flexibility index (Phi) is 6.55. The first-order chi connectivity index (χ1) is 12.2. The van der Waals surface area contributed by atoms with Gasteiger partial charge < -0.3 is 5.32 Å². The first-order valence-electron chi connectivity index (χ1n) is 7.61. The fraction of sp³-hybridized carbons (Fsp3) is 0.235. The molecule has 1 amide bonds. The molecule has 2 aromatic rings. The Morgan fingerprint density at radius 2 is 1.77 bits per heavy atom. The molecular formula is C17H17ClF2N2O3S. The van der Waals surface area contributed by atoms with Crippen molar-refractivity contribution in [2.45, 2.75) is 6.42 Å².